The van der Waals surface area contributed by atoms with E-state index in [0.29, 0.717) is 0 Å². The Morgan fingerprint density at radius 1 is 0.933 bits per heavy atom. The zero-order valence-corrected chi connectivity index (χ0v) is 9.28. The molecule has 3 aliphatic heterocycles. The van der Waals surface area contributed by atoms with Gasteiger partial charge in [-0.15, -0.1) is 0 Å². The first kappa shape index (κ1) is 8.97. The Labute approximate surface area is 91.6 Å². The average molecular weight is 207 g/mol. The molecule has 84 valence electrons. The fraction of sp³-hybridized carbons (Fsp3) is 1.00. The molecule has 3 nitrogen and oxygen atoms in total. The smallest absolute Gasteiger partial charge is 0.0198 e. The van der Waals surface area contributed by atoms with Crippen LogP contribution >= 0.6 is 0 Å². The molecule has 0 aromatic heterocycles. The van der Waals surface area contributed by atoms with Crippen molar-refractivity contribution >= 4 is 0 Å². The van der Waals surface area contributed by atoms with Crippen LogP contribution in [0.15, 0.2) is 0 Å². The molecule has 0 aromatic carbocycles. The van der Waals surface area contributed by atoms with Gasteiger partial charge in [0.1, 0.15) is 0 Å². The molecule has 3 heteroatoms. The molecule has 5 unspecified atom stereocenters. The van der Waals surface area contributed by atoms with Crippen LogP contribution in [0.1, 0.15) is 25.7 Å². The summed E-state index contributed by atoms with van der Waals surface area (Å²) in [6, 6.07) is 3.40. The summed E-state index contributed by atoms with van der Waals surface area (Å²) >= 11 is 0. The van der Waals surface area contributed by atoms with Crippen molar-refractivity contribution in [1.82, 2.24) is 15.5 Å². The van der Waals surface area contributed by atoms with Crippen LogP contribution in [0.25, 0.3) is 0 Å². The number of hydrogen-bond donors (Lipinski definition) is 2. The molecule has 4 aliphatic rings. The summed E-state index contributed by atoms with van der Waals surface area (Å²) in [6.45, 7) is 3.93. The second-order valence-corrected chi connectivity index (χ2v) is 6.00. The monoisotopic (exact) mass is 207 g/mol. The van der Waals surface area contributed by atoms with Crippen LogP contribution in [0.2, 0.25) is 0 Å². The number of fused-ring (bicyclic) bond motifs is 4. The van der Waals surface area contributed by atoms with Crippen LogP contribution in [0.3, 0.4) is 0 Å². The highest BCUT2D eigenvalue weighted by atomic mass is 15.3. The van der Waals surface area contributed by atoms with Crippen molar-refractivity contribution in [2.24, 2.45) is 5.92 Å². The summed E-state index contributed by atoms with van der Waals surface area (Å²) in [6.07, 6.45) is 5.70. The lowest BCUT2D eigenvalue weighted by Gasteiger charge is -2.40. The van der Waals surface area contributed by atoms with Gasteiger partial charge in [-0.3, -0.25) is 4.90 Å². The van der Waals surface area contributed by atoms with Gasteiger partial charge in [0.25, 0.3) is 0 Å². The molecule has 0 aromatic rings. The van der Waals surface area contributed by atoms with Gasteiger partial charge in [-0.05, 0) is 38.1 Å². The number of likely N-dealkylation sites (tertiary alicyclic amines) is 1. The van der Waals surface area contributed by atoms with Gasteiger partial charge >= 0.3 is 0 Å². The van der Waals surface area contributed by atoms with Crippen molar-refractivity contribution < 1.29 is 0 Å². The Hall–Kier alpha value is -0.120. The predicted molar refractivity (Wildman–Crippen MR) is 59.8 cm³/mol. The Morgan fingerprint density at radius 3 is 2.33 bits per heavy atom. The number of rotatable bonds is 1. The number of nitrogens with zero attached hydrogens (tertiary/aromatic N) is 1. The highest BCUT2D eigenvalue weighted by Crippen LogP contribution is 2.36. The normalized spacial score (nSPS) is 54.0. The number of piperidine rings is 1. The molecule has 2 N–H and O–H groups in total. The van der Waals surface area contributed by atoms with Gasteiger partial charge in [-0.1, -0.05) is 0 Å². The van der Waals surface area contributed by atoms with Crippen LogP contribution in [0, 0.1) is 5.92 Å². The minimum Gasteiger partial charge on any atom is -0.314 e. The van der Waals surface area contributed by atoms with E-state index >= 15 is 0 Å². The topological polar surface area (TPSA) is 27.3 Å². The maximum Gasteiger partial charge on any atom is 0.0198 e. The van der Waals surface area contributed by atoms with Crippen LogP contribution in [-0.2, 0) is 0 Å². The quantitative estimate of drug-likeness (QED) is 0.642. The van der Waals surface area contributed by atoms with E-state index < -0.39 is 0 Å². The molecule has 1 aliphatic carbocycles. The zero-order valence-electron chi connectivity index (χ0n) is 9.28. The minimum atomic E-state index is 0.816. The fourth-order valence-electron chi connectivity index (χ4n) is 4.36. The maximum atomic E-state index is 3.73. The van der Waals surface area contributed by atoms with Crippen molar-refractivity contribution in [3.8, 4) is 0 Å². The molecule has 1 saturated carbocycles. The predicted octanol–water partition coefficient (Wildman–Crippen LogP) is 0.173. The average Bonchev–Trinajstić information content (AvgIpc) is 2.93. The summed E-state index contributed by atoms with van der Waals surface area (Å²) in [7, 11) is 0. The van der Waals surface area contributed by atoms with Gasteiger partial charge in [-0.25, -0.2) is 0 Å². The van der Waals surface area contributed by atoms with E-state index in [1.165, 1.54) is 45.3 Å². The maximum absolute atomic E-state index is 3.73. The summed E-state index contributed by atoms with van der Waals surface area (Å²) in [5.74, 6) is 0.965. The summed E-state index contributed by atoms with van der Waals surface area (Å²) in [5, 5.41) is 7.35. The van der Waals surface area contributed by atoms with Crippen LogP contribution in [0.5, 0.6) is 0 Å². The van der Waals surface area contributed by atoms with Crippen molar-refractivity contribution in [3.63, 3.8) is 0 Å². The SMILES string of the molecule is C1CC2CN(C3CC4CC3CN4)CC1N2. The number of hydrogen-bond acceptors (Lipinski definition) is 3. The third-order valence-electron chi connectivity index (χ3n) is 5.04. The van der Waals surface area contributed by atoms with Crippen molar-refractivity contribution in [1.29, 1.82) is 0 Å². The van der Waals surface area contributed by atoms with Gasteiger partial charge < -0.3 is 10.6 Å². The first-order valence-electron chi connectivity index (χ1n) is 6.62. The molecular weight excluding hydrogens is 186 g/mol. The van der Waals surface area contributed by atoms with E-state index in [0.717, 1.165) is 30.1 Å². The lowest BCUT2D eigenvalue weighted by atomic mass is 10.00. The number of nitrogens with one attached hydrogen (secondary N) is 2. The molecule has 0 radical (unpaired) electrons. The molecule has 3 saturated heterocycles. The van der Waals surface area contributed by atoms with Crippen LogP contribution in [0.4, 0.5) is 0 Å². The second-order valence-electron chi connectivity index (χ2n) is 6.00. The molecule has 0 amide bonds. The summed E-state index contributed by atoms with van der Waals surface area (Å²) in [5.41, 5.74) is 0. The van der Waals surface area contributed by atoms with Crippen LogP contribution in [-0.4, -0.2) is 48.7 Å². The van der Waals surface area contributed by atoms with Gasteiger partial charge in [0.15, 0.2) is 0 Å². The van der Waals surface area contributed by atoms with E-state index in [2.05, 4.69) is 15.5 Å². The molecule has 3 heterocycles. The third kappa shape index (κ3) is 1.37. The lowest BCUT2D eigenvalue weighted by Crippen LogP contribution is -2.56. The van der Waals surface area contributed by atoms with E-state index in [9.17, 15) is 0 Å². The molecule has 4 fully saturated rings. The van der Waals surface area contributed by atoms with E-state index in [4.69, 9.17) is 0 Å². The molecule has 5 atom stereocenters. The van der Waals surface area contributed by atoms with Crippen molar-refractivity contribution in [2.75, 3.05) is 19.6 Å². The molecular formula is C12H21N3. The highest BCUT2D eigenvalue weighted by Gasteiger charge is 2.45. The van der Waals surface area contributed by atoms with Crippen LogP contribution < -0.4 is 10.6 Å². The van der Waals surface area contributed by atoms with E-state index in [1.807, 2.05) is 0 Å². The van der Waals surface area contributed by atoms with Gasteiger partial charge in [-0.2, -0.15) is 0 Å². The largest absolute Gasteiger partial charge is 0.314 e. The standard InChI is InChI=1S/C12H21N3/c1-2-10-7-15(6-9(1)14-10)12-4-11-3-8(12)5-13-11/h8-14H,1-7H2. The Kier molecular flexibility index (Phi) is 1.91. The number of piperazine rings is 1. The van der Waals surface area contributed by atoms with Crippen molar-refractivity contribution in [2.45, 2.75) is 49.9 Å². The van der Waals surface area contributed by atoms with Gasteiger partial charge in [0.05, 0.1) is 0 Å². The summed E-state index contributed by atoms with van der Waals surface area (Å²) < 4.78 is 0. The van der Waals surface area contributed by atoms with E-state index in [1.54, 1.807) is 0 Å². The third-order valence-corrected chi connectivity index (χ3v) is 5.04. The fourth-order valence-corrected chi connectivity index (χ4v) is 4.36. The molecule has 0 spiro atoms. The second kappa shape index (κ2) is 3.19. The van der Waals surface area contributed by atoms with E-state index in [-0.39, 0.29) is 0 Å². The Bertz CT molecular complexity index is 256. The molecule has 4 bridgehead atoms. The molecule has 4 rings (SSSR count). The Morgan fingerprint density at radius 2 is 1.73 bits per heavy atom. The van der Waals surface area contributed by atoms with Crippen molar-refractivity contribution in [3.05, 3.63) is 0 Å². The summed E-state index contributed by atoms with van der Waals surface area (Å²) in [4.78, 5) is 2.81. The van der Waals surface area contributed by atoms with Gasteiger partial charge in [0.2, 0.25) is 0 Å². The zero-order chi connectivity index (χ0) is 9.83. The Balaban J connectivity index is 1.49. The highest BCUT2D eigenvalue weighted by molar-refractivity contribution is 5.03. The lowest BCUT2D eigenvalue weighted by molar-refractivity contribution is 0.106. The van der Waals surface area contributed by atoms with Gasteiger partial charge in [0, 0.05) is 37.3 Å². The minimum absolute atomic E-state index is 0.816. The first-order valence-corrected chi connectivity index (χ1v) is 6.62. The first-order chi connectivity index (χ1) is 7.38. The molecule has 15 heavy (non-hydrogen) atoms.